The Balaban J connectivity index is 0.00000341. The number of aliphatic imine (C=N–C) groups is 1. The molecule has 2 N–H and O–H groups in total. The minimum absolute atomic E-state index is 0. The molecule has 3 rings (SSSR count). The molecule has 168 valence electrons. The quantitative estimate of drug-likeness (QED) is 0.320. The summed E-state index contributed by atoms with van der Waals surface area (Å²) in [5, 5.41) is 6.33. The Kier molecular flexibility index (Phi) is 10.1. The van der Waals surface area contributed by atoms with Crippen LogP contribution < -0.4 is 15.4 Å². The molecule has 8 heteroatoms. The lowest BCUT2D eigenvalue weighted by molar-refractivity contribution is -0.124. The Bertz CT molecular complexity index is 867. The molecule has 2 aromatic carbocycles. The molecule has 0 aliphatic carbocycles. The monoisotopic (exact) mass is 538 g/mol. The number of guanidine groups is 1. The fraction of sp³-hybridized carbons (Fsp3) is 0.391. The van der Waals surface area contributed by atoms with E-state index in [2.05, 4.69) is 20.5 Å². The number of ether oxygens (including phenoxy) is 2. The molecule has 1 heterocycles. The van der Waals surface area contributed by atoms with Crippen LogP contribution in [-0.2, 0) is 22.6 Å². The van der Waals surface area contributed by atoms with Crippen LogP contribution in [0.3, 0.4) is 0 Å². The summed E-state index contributed by atoms with van der Waals surface area (Å²) in [6.07, 6.45) is 1.38. The summed E-state index contributed by atoms with van der Waals surface area (Å²) in [5.74, 6) is 1.56. The standard InChI is InChI=1S/C23H30N4O3.HI/c1-24-23(27(2)16-17-9-11-20(29-3)12-10-17)25-15-18-6-4-7-19(14-18)26-22(28)21-8-5-13-30-21;/h4,6-7,9-12,14,21H,5,8,13,15-16H2,1-3H3,(H,24,25)(H,26,28);1H. The number of carbonyl (C=O) groups excluding carboxylic acids is 1. The summed E-state index contributed by atoms with van der Waals surface area (Å²) in [6.45, 7) is 1.98. The van der Waals surface area contributed by atoms with Gasteiger partial charge in [-0.3, -0.25) is 9.79 Å². The molecular formula is C23H31IN4O3. The van der Waals surface area contributed by atoms with Crippen molar-refractivity contribution in [1.29, 1.82) is 0 Å². The van der Waals surface area contributed by atoms with E-state index < -0.39 is 0 Å². The molecule has 1 unspecified atom stereocenters. The zero-order valence-electron chi connectivity index (χ0n) is 18.3. The molecule has 1 aliphatic heterocycles. The van der Waals surface area contributed by atoms with Gasteiger partial charge in [0.05, 0.1) is 7.11 Å². The molecular weight excluding hydrogens is 507 g/mol. The van der Waals surface area contributed by atoms with Crippen LogP contribution in [0.25, 0.3) is 0 Å². The lowest BCUT2D eigenvalue weighted by Gasteiger charge is -2.22. The van der Waals surface area contributed by atoms with Crippen LogP contribution in [0, 0.1) is 0 Å². The van der Waals surface area contributed by atoms with Crippen LogP contribution in [0.15, 0.2) is 53.5 Å². The van der Waals surface area contributed by atoms with Gasteiger partial charge in [-0.05, 0) is 48.2 Å². The number of hydrogen-bond acceptors (Lipinski definition) is 4. The van der Waals surface area contributed by atoms with Crippen molar-refractivity contribution in [3.05, 3.63) is 59.7 Å². The van der Waals surface area contributed by atoms with E-state index in [9.17, 15) is 4.79 Å². The summed E-state index contributed by atoms with van der Waals surface area (Å²) >= 11 is 0. The molecule has 0 saturated carbocycles. The predicted molar refractivity (Wildman–Crippen MR) is 134 cm³/mol. The first kappa shape index (κ1) is 24.9. The maximum Gasteiger partial charge on any atom is 0.253 e. The van der Waals surface area contributed by atoms with Gasteiger partial charge in [0.25, 0.3) is 5.91 Å². The van der Waals surface area contributed by atoms with E-state index in [4.69, 9.17) is 9.47 Å². The van der Waals surface area contributed by atoms with Gasteiger partial charge in [-0.2, -0.15) is 0 Å². The van der Waals surface area contributed by atoms with E-state index in [0.717, 1.165) is 42.3 Å². The Morgan fingerprint density at radius 1 is 1.23 bits per heavy atom. The highest BCUT2D eigenvalue weighted by Gasteiger charge is 2.23. The third kappa shape index (κ3) is 7.39. The summed E-state index contributed by atoms with van der Waals surface area (Å²) in [6, 6.07) is 15.8. The zero-order valence-corrected chi connectivity index (χ0v) is 20.6. The van der Waals surface area contributed by atoms with Crippen LogP contribution in [0.4, 0.5) is 5.69 Å². The smallest absolute Gasteiger partial charge is 0.253 e. The second-order valence-electron chi connectivity index (χ2n) is 7.30. The molecule has 0 bridgehead atoms. The van der Waals surface area contributed by atoms with E-state index >= 15 is 0 Å². The highest BCUT2D eigenvalue weighted by Crippen LogP contribution is 2.16. The van der Waals surface area contributed by atoms with Crippen molar-refractivity contribution >= 4 is 41.5 Å². The number of halogens is 1. The molecule has 1 atom stereocenters. The van der Waals surface area contributed by atoms with Crippen molar-refractivity contribution in [2.75, 3.05) is 33.1 Å². The summed E-state index contributed by atoms with van der Waals surface area (Å²) in [4.78, 5) is 18.7. The van der Waals surface area contributed by atoms with E-state index in [1.54, 1.807) is 14.2 Å². The first-order valence-electron chi connectivity index (χ1n) is 10.1. The number of carbonyl (C=O) groups is 1. The largest absolute Gasteiger partial charge is 0.497 e. The Hall–Kier alpha value is -2.33. The molecule has 1 fully saturated rings. The highest BCUT2D eigenvalue weighted by molar-refractivity contribution is 14.0. The highest BCUT2D eigenvalue weighted by atomic mass is 127. The van der Waals surface area contributed by atoms with Crippen LogP contribution in [0.2, 0.25) is 0 Å². The Morgan fingerprint density at radius 2 is 2.00 bits per heavy atom. The van der Waals surface area contributed by atoms with Crippen molar-refractivity contribution in [2.45, 2.75) is 32.0 Å². The molecule has 2 aromatic rings. The van der Waals surface area contributed by atoms with E-state index in [0.29, 0.717) is 13.2 Å². The summed E-state index contributed by atoms with van der Waals surface area (Å²) in [5.41, 5.74) is 3.00. The number of benzene rings is 2. The van der Waals surface area contributed by atoms with Gasteiger partial charge in [-0.15, -0.1) is 24.0 Å². The van der Waals surface area contributed by atoms with Crippen LogP contribution in [0.1, 0.15) is 24.0 Å². The van der Waals surface area contributed by atoms with Gasteiger partial charge in [0.15, 0.2) is 5.96 Å². The lowest BCUT2D eigenvalue weighted by atomic mass is 10.2. The molecule has 0 radical (unpaired) electrons. The van der Waals surface area contributed by atoms with Crippen molar-refractivity contribution in [1.82, 2.24) is 10.2 Å². The molecule has 1 saturated heterocycles. The minimum atomic E-state index is -0.336. The second kappa shape index (κ2) is 12.5. The van der Waals surface area contributed by atoms with Crippen LogP contribution >= 0.6 is 24.0 Å². The predicted octanol–water partition coefficient (Wildman–Crippen LogP) is 3.64. The van der Waals surface area contributed by atoms with Crippen LogP contribution in [0.5, 0.6) is 5.75 Å². The number of hydrogen-bond donors (Lipinski definition) is 2. The molecule has 0 aromatic heterocycles. The van der Waals surface area contributed by atoms with Crippen molar-refractivity contribution in [3.63, 3.8) is 0 Å². The average molecular weight is 538 g/mol. The SMILES string of the molecule is CN=C(NCc1cccc(NC(=O)C2CCCO2)c1)N(C)Cc1ccc(OC)cc1.I. The number of nitrogens with one attached hydrogen (secondary N) is 2. The molecule has 31 heavy (non-hydrogen) atoms. The van der Waals surface area contributed by atoms with Gasteiger partial charge in [0, 0.05) is 39.5 Å². The normalized spacial score (nSPS) is 15.7. The molecule has 7 nitrogen and oxygen atoms in total. The summed E-state index contributed by atoms with van der Waals surface area (Å²) in [7, 11) is 5.43. The van der Waals surface area contributed by atoms with Gasteiger partial charge in [-0.1, -0.05) is 24.3 Å². The number of anilines is 1. The van der Waals surface area contributed by atoms with Gasteiger partial charge in [0.1, 0.15) is 11.9 Å². The zero-order chi connectivity index (χ0) is 21.3. The number of nitrogens with zero attached hydrogens (tertiary/aromatic N) is 2. The third-order valence-electron chi connectivity index (χ3n) is 5.02. The lowest BCUT2D eigenvalue weighted by Crippen LogP contribution is -2.38. The van der Waals surface area contributed by atoms with Crippen molar-refractivity contribution < 1.29 is 14.3 Å². The van der Waals surface area contributed by atoms with E-state index in [-0.39, 0.29) is 36.0 Å². The number of rotatable bonds is 7. The molecule has 0 spiro atoms. The fourth-order valence-corrected chi connectivity index (χ4v) is 3.41. The minimum Gasteiger partial charge on any atom is -0.497 e. The van der Waals surface area contributed by atoms with Crippen LogP contribution in [-0.4, -0.2) is 50.7 Å². The Morgan fingerprint density at radius 3 is 2.65 bits per heavy atom. The van der Waals surface area contributed by atoms with Crippen molar-refractivity contribution in [3.8, 4) is 5.75 Å². The maximum atomic E-state index is 12.3. The van der Waals surface area contributed by atoms with E-state index in [1.807, 2.05) is 55.6 Å². The van der Waals surface area contributed by atoms with Crippen molar-refractivity contribution in [2.24, 2.45) is 4.99 Å². The maximum absolute atomic E-state index is 12.3. The van der Waals surface area contributed by atoms with Gasteiger partial charge in [-0.25, -0.2) is 0 Å². The van der Waals surface area contributed by atoms with Gasteiger partial charge in [0.2, 0.25) is 0 Å². The fourth-order valence-electron chi connectivity index (χ4n) is 3.41. The van der Waals surface area contributed by atoms with Gasteiger partial charge >= 0.3 is 0 Å². The van der Waals surface area contributed by atoms with E-state index in [1.165, 1.54) is 5.56 Å². The average Bonchev–Trinajstić information content (AvgIpc) is 3.30. The topological polar surface area (TPSA) is 75.2 Å². The summed E-state index contributed by atoms with van der Waals surface area (Å²) < 4.78 is 10.7. The number of amides is 1. The molecule has 1 aliphatic rings. The third-order valence-corrected chi connectivity index (χ3v) is 5.02. The second-order valence-corrected chi connectivity index (χ2v) is 7.30. The first-order valence-corrected chi connectivity index (χ1v) is 10.1. The first-order chi connectivity index (χ1) is 14.6. The molecule has 1 amide bonds. The Labute approximate surface area is 201 Å². The number of methoxy groups -OCH3 is 1. The van der Waals surface area contributed by atoms with Gasteiger partial charge < -0.3 is 25.0 Å².